The molecule has 0 aliphatic carbocycles. The van der Waals surface area contributed by atoms with Crippen molar-refractivity contribution in [3.8, 4) is 5.82 Å². The van der Waals surface area contributed by atoms with E-state index in [2.05, 4.69) is 37.0 Å². The summed E-state index contributed by atoms with van der Waals surface area (Å²) in [5, 5.41) is 11.2. The highest BCUT2D eigenvalue weighted by molar-refractivity contribution is 5.83. The van der Waals surface area contributed by atoms with Gasteiger partial charge in [0, 0.05) is 17.3 Å². The van der Waals surface area contributed by atoms with Crippen LogP contribution in [0, 0.1) is 5.95 Å². The van der Waals surface area contributed by atoms with Gasteiger partial charge >= 0.3 is 0 Å². The lowest BCUT2D eigenvalue weighted by Gasteiger charge is -2.10. The largest absolute Gasteiger partial charge is 0.324 e. The summed E-state index contributed by atoms with van der Waals surface area (Å²) < 4.78 is 16.6. The van der Waals surface area contributed by atoms with Crippen molar-refractivity contribution < 1.29 is 4.39 Å². The fourth-order valence-electron chi connectivity index (χ4n) is 3.27. The van der Waals surface area contributed by atoms with Crippen LogP contribution in [0.4, 0.5) is 16.0 Å². The molecule has 4 heterocycles. The van der Waals surface area contributed by atoms with Crippen LogP contribution >= 0.6 is 0 Å². The maximum atomic E-state index is 13.8. The van der Waals surface area contributed by atoms with Crippen molar-refractivity contribution in [3.63, 3.8) is 0 Å². The summed E-state index contributed by atoms with van der Waals surface area (Å²) >= 11 is 0. The third-order valence-electron chi connectivity index (χ3n) is 4.59. The first-order chi connectivity index (χ1) is 14.6. The van der Waals surface area contributed by atoms with Crippen LogP contribution in [0.5, 0.6) is 0 Å². The van der Waals surface area contributed by atoms with Gasteiger partial charge in [0.15, 0.2) is 11.5 Å². The average molecular weight is 402 g/mol. The van der Waals surface area contributed by atoms with Gasteiger partial charge in [-0.05, 0) is 30.3 Å². The van der Waals surface area contributed by atoms with E-state index in [9.17, 15) is 9.18 Å². The van der Waals surface area contributed by atoms with Gasteiger partial charge in [-0.3, -0.25) is 9.89 Å². The molecule has 2 N–H and O–H groups in total. The van der Waals surface area contributed by atoms with E-state index in [1.807, 2.05) is 18.2 Å². The number of allylic oxidation sites excluding steroid dienone is 1. The molecule has 0 unspecified atom stereocenters. The number of aromatic amines is 1. The van der Waals surface area contributed by atoms with Crippen molar-refractivity contribution in [2.75, 3.05) is 5.32 Å². The summed E-state index contributed by atoms with van der Waals surface area (Å²) in [6.07, 6.45) is 4.73. The summed E-state index contributed by atoms with van der Waals surface area (Å²) in [4.78, 5) is 25.5. The highest BCUT2D eigenvalue weighted by Gasteiger charge is 2.18. The molecule has 4 aromatic heterocycles. The van der Waals surface area contributed by atoms with Gasteiger partial charge in [-0.15, -0.1) is 6.58 Å². The molecular formula is C20H15FN8O. The highest BCUT2D eigenvalue weighted by Crippen LogP contribution is 2.21. The molecular weight excluding hydrogens is 387 g/mol. The Bertz CT molecular complexity index is 1470. The van der Waals surface area contributed by atoms with E-state index in [1.54, 1.807) is 18.3 Å². The van der Waals surface area contributed by atoms with Crippen LogP contribution < -0.4 is 10.9 Å². The van der Waals surface area contributed by atoms with Gasteiger partial charge in [0.1, 0.15) is 5.39 Å². The van der Waals surface area contributed by atoms with E-state index in [1.165, 1.54) is 27.7 Å². The number of pyridine rings is 1. The lowest BCUT2D eigenvalue weighted by molar-refractivity contribution is 0.556. The molecule has 0 radical (unpaired) electrons. The Balaban J connectivity index is 1.66. The monoisotopic (exact) mass is 402 g/mol. The lowest BCUT2D eigenvalue weighted by Crippen LogP contribution is -2.22. The zero-order valence-electron chi connectivity index (χ0n) is 15.6. The molecule has 5 rings (SSSR count). The summed E-state index contributed by atoms with van der Waals surface area (Å²) in [6, 6.07) is 10.0. The van der Waals surface area contributed by atoms with Crippen molar-refractivity contribution in [1.29, 1.82) is 0 Å². The number of benzene rings is 1. The molecule has 5 aromatic rings. The van der Waals surface area contributed by atoms with Crippen LogP contribution in [0.3, 0.4) is 0 Å². The molecule has 0 aliphatic heterocycles. The molecule has 1 aromatic carbocycles. The minimum absolute atomic E-state index is 0.202. The van der Waals surface area contributed by atoms with Crippen LogP contribution in [0.2, 0.25) is 0 Å². The second-order valence-corrected chi connectivity index (χ2v) is 6.53. The van der Waals surface area contributed by atoms with E-state index < -0.39 is 5.95 Å². The molecule has 0 aliphatic rings. The Morgan fingerprint density at radius 1 is 1.20 bits per heavy atom. The minimum Gasteiger partial charge on any atom is -0.324 e. The lowest BCUT2D eigenvalue weighted by atomic mass is 10.2. The SMILES string of the molecule is C=CCn1c(=O)c2cnc(Nc3ccc4[nH]ncc4c3)nc2n1-c1cccc(F)n1. The molecule has 0 atom stereocenters. The highest BCUT2D eigenvalue weighted by atomic mass is 19.1. The predicted molar refractivity (Wildman–Crippen MR) is 110 cm³/mol. The molecule has 0 spiro atoms. The van der Waals surface area contributed by atoms with E-state index >= 15 is 0 Å². The number of hydrogen-bond donors (Lipinski definition) is 2. The van der Waals surface area contributed by atoms with Gasteiger partial charge in [-0.1, -0.05) is 12.1 Å². The second-order valence-electron chi connectivity index (χ2n) is 6.53. The Morgan fingerprint density at radius 2 is 2.10 bits per heavy atom. The topological polar surface area (TPSA) is 106 Å². The maximum Gasteiger partial charge on any atom is 0.278 e. The predicted octanol–water partition coefficient (Wildman–Crippen LogP) is 2.92. The van der Waals surface area contributed by atoms with Crippen molar-refractivity contribution in [1.82, 2.24) is 34.5 Å². The number of hydrogen-bond acceptors (Lipinski definition) is 6. The quantitative estimate of drug-likeness (QED) is 0.346. The van der Waals surface area contributed by atoms with Gasteiger partial charge < -0.3 is 5.32 Å². The number of fused-ring (bicyclic) bond motifs is 2. The second kappa shape index (κ2) is 6.92. The third kappa shape index (κ3) is 2.91. The summed E-state index contributed by atoms with van der Waals surface area (Å²) in [5.74, 6) is -0.146. The van der Waals surface area contributed by atoms with Crippen LogP contribution in [-0.4, -0.2) is 34.5 Å². The Hall–Kier alpha value is -4.34. The van der Waals surface area contributed by atoms with E-state index in [0.717, 1.165) is 16.6 Å². The van der Waals surface area contributed by atoms with Crippen molar-refractivity contribution in [2.45, 2.75) is 6.54 Å². The summed E-state index contributed by atoms with van der Waals surface area (Å²) in [7, 11) is 0. The fraction of sp³-hybridized carbons (Fsp3) is 0.0500. The number of nitrogens with zero attached hydrogens (tertiary/aromatic N) is 6. The number of H-pyrrole nitrogens is 1. The normalized spacial score (nSPS) is 11.2. The Labute approximate surface area is 168 Å². The molecule has 148 valence electrons. The van der Waals surface area contributed by atoms with Gasteiger partial charge in [-0.2, -0.15) is 14.5 Å². The van der Waals surface area contributed by atoms with E-state index in [-0.39, 0.29) is 23.9 Å². The molecule has 0 fully saturated rings. The van der Waals surface area contributed by atoms with Gasteiger partial charge in [0.25, 0.3) is 5.56 Å². The summed E-state index contributed by atoms with van der Waals surface area (Å²) in [5.41, 5.74) is 1.65. The van der Waals surface area contributed by atoms with Crippen molar-refractivity contribution in [2.24, 2.45) is 0 Å². The van der Waals surface area contributed by atoms with Crippen LogP contribution in [0.25, 0.3) is 27.8 Å². The first-order valence-electron chi connectivity index (χ1n) is 9.06. The molecule has 30 heavy (non-hydrogen) atoms. The number of rotatable bonds is 5. The van der Waals surface area contributed by atoms with E-state index in [0.29, 0.717) is 11.0 Å². The third-order valence-corrected chi connectivity index (χ3v) is 4.59. The van der Waals surface area contributed by atoms with Gasteiger partial charge in [0.2, 0.25) is 11.9 Å². The molecule has 0 saturated carbocycles. The van der Waals surface area contributed by atoms with E-state index in [4.69, 9.17) is 0 Å². The molecule has 0 saturated heterocycles. The number of halogens is 1. The first-order valence-corrected chi connectivity index (χ1v) is 9.06. The van der Waals surface area contributed by atoms with Crippen molar-refractivity contribution >= 4 is 33.6 Å². The molecule has 0 amide bonds. The summed E-state index contributed by atoms with van der Waals surface area (Å²) in [6.45, 7) is 3.89. The van der Waals surface area contributed by atoms with Gasteiger partial charge in [-0.25, -0.2) is 19.3 Å². The zero-order chi connectivity index (χ0) is 20.7. The average Bonchev–Trinajstić information content (AvgIpc) is 3.31. The van der Waals surface area contributed by atoms with Crippen LogP contribution in [0.15, 0.2) is 66.2 Å². The fourth-order valence-corrected chi connectivity index (χ4v) is 3.27. The molecule has 0 bridgehead atoms. The van der Waals surface area contributed by atoms with Crippen LogP contribution in [-0.2, 0) is 6.54 Å². The minimum atomic E-state index is -0.659. The first kappa shape index (κ1) is 17.7. The molecule has 10 heteroatoms. The number of nitrogens with one attached hydrogen (secondary N) is 2. The smallest absolute Gasteiger partial charge is 0.278 e. The Kier molecular flexibility index (Phi) is 4.09. The molecule has 9 nitrogen and oxygen atoms in total. The number of aromatic nitrogens is 7. The van der Waals surface area contributed by atoms with Crippen molar-refractivity contribution in [3.05, 3.63) is 77.7 Å². The van der Waals surface area contributed by atoms with Crippen LogP contribution in [0.1, 0.15) is 0 Å². The Morgan fingerprint density at radius 3 is 2.93 bits per heavy atom. The zero-order valence-corrected chi connectivity index (χ0v) is 15.6. The standard InChI is InChI=1S/C20H15FN8O/c1-2-8-28-19(30)14-11-22-20(24-13-6-7-15-12(9-13)10-23-27-15)26-18(14)29(28)17-5-3-4-16(21)25-17/h2-7,9-11H,1,8H2,(H,23,27)(H,22,24,26). The number of anilines is 2. The maximum absolute atomic E-state index is 13.8. The van der Waals surface area contributed by atoms with Gasteiger partial charge in [0.05, 0.1) is 18.3 Å².